The molecule has 6 rings (SSSR count). The molecule has 0 radical (unpaired) electrons. The molecule has 0 bridgehead atoms. The largest absolute Gasteiger partial charge is 0.481 e. The zero-order valence-electron chi connectivity index (χ0n) is 58.3. The fourth-order valence-corrected chi connectivity index (χ4v) is 12.1. The summed E-state index contributed by atoms with van der Waals surface area (Å²) in [6.07, 6.45) is -21.2. The van der Waals surface area contributed by atoms with Crippen molar-refractivity contribution in [2.75, 3.05) is 47.9 Å². The molecule has 3 N–H and O–H groups in total. The van der Waals surface area contributed by atoms with Crippen LogP contribution in [0, 0.1) is 62.8 Å². The van der Waals surface area contributed by atoms with Gasteiger partial charge in [-0.25, -0.2) is 17.6 Å². The van der Waals surface area contributed by atoms with E-state index in [1.54, 1.807) is 77.8 Å². The lowest BCUT2D eigenvalue weighted by Gasteiger charge is -2.28. The topological polar surface area (TPSA) is 172 Å². The van der Waals surface area contributed by atoms with Gasteiger partial charge in [-0.2, -0.15) is 52.7 Å². The summed E-state index contributed by atoms with van der Waals surface area (Å²) in [4.78, 5) is 82.6. The van der Waals surface area contributed by atoms with Gasteiger partial charge in [-0.3, -0.25) is 28.8 Å². The van der Waals surface area contributed by atoms with E-state index in [4.69, 9.17) is 4.74 Å². The van der Waals surface area contributed by atoms with E-state index >= 15 is 17.6 Å². The number of alkyl halides is 12. The van der Waals surface area contributed by atoms with E-state index < -0.39 is 170 Å². The molecule has 0 aliphatic carbocycles. The smallest absolute Gasteiger partial charge is 0.419 e. The fraction of sp³-hybridized carbons (Fsp3) is 0.472. The third kappa shape index (κ3) is 21.5. The van der Waals surface area contributed by atoms with Gasteiger partial charge in [0.25, 0.3) is 11.1 Å². The third-order valence-electron chi connectivity index (χ3n) is 16.7. The van der Waals surface area contributed by atoms with Gasteiger partial charge in [0.1, 0.15) is 35.4 Å². The predicted octanol–water partition coefficient (Wildman–Crippen LogP) is 16.2. The Balaban J connectivity index is 0.000000367. The average Bonchev–Trinajstić information content (AvgIpc) is 0.800. The lowest BCUT2D eigenvalue weighted by Crippen LogP contribution is -2.41. The van der Waals surface area contributed by atoms with Gasteiger partial charge in [0.05, 0.1) is 53.8 Å². The molecule has 4 aromatic carbocycles. The van der Waals surface area contributed by atoms with Gasteiger partial charge in [0.15, 0.2) is 0 Å². The SMILES string of the molecule is CCOC(=O)C[C@H](NC(=O)C(CC(C)C)n1cc(CCCN(C)C)c(C(F)(F)F)cc1=O)c1c(F)c(-c2c(C)cccc2C)cc(C(F)(F)F)c1F.Cc1cccc(C)c1-c1cc(C(F)(F)F)c(F)c([C@H](CC(=O)O)NC(=O)C(CC(C)C)n2cc(CCCN(C)C)c(C(F)(F)F)cc2=O)c1F. The first-order chi connectivity index (χ1) is 47.1. The van der Waals surface area contributed by atoms with E-state index in [-0.39, 0.29) is 79.4 Å². The standard InChI is InChI=1S/C37H43F8N3O4.C35H39F8N3O4/c1-8-52-30(50)18-27(32-33(38)24(16-26(34(32)39)37(43,44)45)31-21(4)11-9-12-22(31)5)46-35(51)28(15-20(2)3)48-19-23(13-10-14-47(6)7)25(17-29(48)49)36(40,41)42;1-18(2)13-26(46-17-21(11-8-12-45(5)6)23(15-27(46)47)34(38,39)40)33(50)44-25(16-28(48)49)30-31(36)22(14-24(32(30)37)35(41,42)43)29-19(3)9-7-10-20(29)4/h9,11-12,16-17,19-20,27-28H,8,10,13-15,18H2,1-7H3,(H,46,51);7,9-10,14-15,17-18,25-26H,8,11-13,16H2,1-6H3,(H,44,50)(H,48,49)/t27-,28?;25-,26?/m00/s1. The first-order valence-corrected chi connectivity index (χ1v) is 32.4. The van der Waals surface area contributed by atoms with E-state index in [9.17, 15) is 86.6 Å². The van der Waals surface area contributed by atoms with Crippen molar-refractivity contribution in [1.29, 1.82) is 0 Å². The van der Waals surface area contributed by atoms with Gasteiger partial charge in [-0.1, -0.05) is 64.1 Å². The maximum Gasteiger partial charge on any atom is 0.419 e. The molecular formula is C72H82F16N6O8. The zero-order valence-corrected chi connectivity index (χ0v) is 58.3. The Kier molecular flexibility index (Phi) is 28.6. The van der Waals surface area contributed by atoms with Crippen LogP contribution in [0.3, 0.4) is 0 Å². The van der Waals surface area contributed by atoms with Gasteiger partial charge in [-0.05, 0) is 183 Å². The highest BCUT2D eigenvalue weighted by molar-refractivity contribution is 5.84. The molecule has 4 atom stereocenters. The maximum atomic E-state index is 16.6. The van der Waals surface area contributed by atoms with Crippen LogP contribution in [0.1, 0.15) is 164 Å². The van der Waals surface area contributed by atoms with Crippen molar-refractivity contribution in [3.05, 3.63) is 184 Å². The number of hydrogen-bond acceptors (Lipinski definition) is 9. The number of esters is 1. The molecule has 0 saturated carbocycles. The summed E-state index contributed by atoms with van der Waals surface area (Å²) in [5.74, 6) is -13.3. The van der Waals surface area contributed by atoms with Crippen LogP contribution >= 0.6 is 0 Å². The van der Waals surface area contributed by atoms with Crippen molar-refractivity contribution < 1.29 is 99.3 Å². The van der Waals surface area contributed by atoms with Crippen LogP contribution in [0.15, 0.2) is 82.6 Å². The number of carboxylic acids is 1. The lowest BCUT2D eigenvalue weighted by atomic mass is 9.89. The summed E-state index contributed by atoms with van der Waals surface area (Å²) in [6, 6.07) is 2.92. The number of nitrogens with zero attached hydrogens (tertiary/aromatic N) is 4. The molecule has 2 amide bonds. The number of hydrogen-bond donors (Lipinski definition) is 3. The second-order valence-electron chi connectivity index (χ2n) is 26.3. The number of carbonyl (C=O) groups excluding carboxylic acids is 3. The second kappa shape index (κ2) is 34.6. The number of aromatic nitrogens is 2. The van der Waals surface area contributed by atoms with Crippen molar-refractivity contribution in [2.24, 2.45) is 11.8 Å². The number of nitrogens with one attached hydrogen (secondary N) is 2. The Hall–Kier alpha value is -8.54. The number of pyridine rings is 2. The van der Waals surface area contributed by atoms with Crippen molar-refractivity contribution in [3.63, 3.8) is 0 Å². The summed E-state index contributed by atoms with van der Waals surface area (Å²) in [5.41, 5.74) is -11.8. The molecule has 0 spiro atoms. The van der Waals surface area contributed by atoms with Crippen LogP contribution in [0.4, 0.5) is 70.2 Å². The van der Waals surface area contributed by atoms with E-state index in [1.165, 1.54) is 58.9 Å². The van der Waals surface area contributed by atoms with Gasteiger partial charge < -0.3 is 39.4 Å². The Morgan fingerprint density at radius 3 is 1.12 bits per heavy atom. The summed E-state index contributed by atoms with van der Waals surface area (Å²) in [6.45, 7) is 14.5. The highest BCUT2D eigenvalue weighted by Crippen LogP contribution is 2.45. The van der Waals surface area contributed by atoms with E-state index in [1.807, 2.05) is 0 Å². The molecule has 2 aromatic heterocycles. The van der Waals surface area contributed by atoms with Gasteiger partial charge in [0, 0.05) is 46.8 Å². The first kappa shape index (κ1) is 84.1. The molecule has 30 heteroatoms. The fourth-order valence-electron chi connectivity index (χ4n) is 12.1. The number of halogens is 16. The number of amides is 2. The molecule has 0 saturated heterocycles. The van der Waals surface area contributed by atoms with E-state index in [0.717, 1.165) is 21.5 Å². The monoisotopic (exact) mass is 1460 g/mol. The van der Waals surface area contributed by atoms with Crippen molar-refractivity contribution in [3.8, 4) is 22.3 Å². The second-order valence-corrected chi connectivity index (χ2v) is 26.3. The van der Waals surface area contributed by atoms with Gasteiger partial charge >= 0.3 is 36.6 Å². The normalized spacial score (nSPS) is 13.5. The minimum Gasteiger partial charge on any atom is -0.481 e. The Morgan fingerprint density at radius 1 is 0.510 bits per heavy atom. The molecule has 0 fully saturated rings. The number of rotatable bonds is 27. The molecule has 102 heavy (non-hydrogen) atoms. The molecule has 0 aliphatic rings. The minimum atomic E-state index is -5.37. The molecular weight excluding hydrogens is 1380 g/mol. The number of aryl methyl sites for hydroxylation is 6. The van der Waals surface area contributed by atoms with Crippen LogP contribution in [-0.4, -0.2) is 95.7 Å². The number of carbonyl (C=O) groups is 4. The van der Waals surface area contributed by atoms with E-state index in [2.05, 4.69) is 10.6 Å². The van der Waals surface area contributed by atoms with Crippen molar-refractivity contribution in [2.45, 2.75) is 163 Å². The zero-order chi connectivity index (χ0) is 77.2. The Bertz CT molecular complexity index is 4080. The predicted molar refractivity (Wildman–Crippen MR) is 350 cm³/mol. The van der Waals surface area contributed by atoms with Gasteiger partial charge in [0.2, 0.25) is 11.8 Å². The summed E-state index contributed by atoms with van der Waals surface area (Å²) >= 11 is 0. The molecule has 0 aliphatic heterocycles. The number of carboxylic acid groups (broad SMARTS) is 1. The summed E-state index contributed by atoms with van der Waals surface area (Å²) in [7, 11) is 6.87. The Morgan fingerprint density at radius 2 is 0.833 bits per heavy atom. The minimum absolute atomic E-state index is 0.00654. The van der Waals surface area contributed by atoms with Crippen LogP contribution in [0.5, 0.6) is 0 Å². The van der Waals surface area contributed by atoms with Crippen molar-refractivity contribution >= 4 is 23.8 Å². The maximum absolute atomic E-state index is 16.6. The number of aliphatic carboxylic acids is 1. The van der Waals surface area contributed by atoms with Gasteiger partial charge in [-0.15, -0.1) is 0 Å². The average molecular weight is 1460 g/mol. The quantitative estimate of drug-likeness (QED) is 0.0333. The first-order valence-electron chi connectivity index (χ1n) is 32.4. The highest BCUT2D eigenvalue weighted by atomic mass is 19.4. The highest BCUT2D eigenvalue weighted by Gasteiger charge is 2.44. The number of benzene rings is 4. The number of ether oxygens (including phenoxy) is 1. The molecule has 2 heterocycles. The lowest BCUT2D eigenvalue weighted by molar-refractivity contribution is -0.144. The van der Waals surface area contributed by atoms with Crippen molar-refractivity contribution in [1.82, 2.24) is 29.6 Å². The van der Waals surface area contributed by atoms with E-state index in [0.29, 0.717) is 53.5 Å². The molecule has 560 valence electrons. The van der Waals surface area contributed by atoms with Crippen LogP contribution in [0.2, 0.25) is 0 Å². The molecule has 2 unspecified atom stereocenters. The molecule has 6 aromatic rings. The summed E-state index contributed by atoms with van der Waals surface area (Å²) in [5, 5.41) is 14.1. The molecule has 14 nitrogen and oxygen atoms in total. The van der Waals surface area contributed by atoms with Crippen LogP contribution < -0.4 is 21.8 Å². The van der Waals surface area contributed by atoms with Crippen LogP contribution in [0.25, 0.3) is 22.3 Å². The summed E-state index contributed by atoms with van der Waals surface area (Å²) < 4.78 is 241. The third-order valence-corrected chi connectivity index (χ3v) is 16.7. The van der Waals surface area contributed by atoms with Crippen LogP contribution in [-0.2, 0) is 61.5 Å². The Labute approximate surface area is 579 Å².